The van der Waals surface area contributed by atoms with E-state index < -0.39 is 32.4 Å². The third-order valence-electron chi connectivity index (χ3n) is 8.26. The summed E-state index contributed by atoms with van der Waals surface area (Å²) in [6.07, 6.45) is 1.72. The fourth-order valence-corrected chi connectivity index (χ4v) is 8.51. The Morgan fingerprint density at radius 3 is 2.10 bits per heavy atom. The number of allylic oxidation sites excluding steroid dienone is 1. The number of para-hydroxylation sites is 2. The molecule has 0 radical (unpaired) electrons. The minimum atomic E-state index is -4.20. The number of carbonyl (C=O) groups excluding carboxylic acids is 1. The molecule has 1 amide bonds. The Morgan fingerprint density at radius 1 is 0.878 bits per heavy atom. The zero-order valence-corrected chi connectivity index (χ0v) is 24.3. The highest BCUT2D eigenvalue weighted by atomic mass is 35.5. The van der Waals surface area contributed by atoms with Gasteiger partial charge in [-0.3, -0.25) is 9.10 Å². The second-order valence-corrected chi connectivity index (χ2v) is 13.2. The van der Waals surface area contributed by atoms with Crippen LogP contribution in [0.5, 0.6) is 0 Å². The molecule has 41 heavy (non-hydrogen) atoms. The molecule has 6 rings (SSSR count). The van der Waals surface area contributed by atoms with Crippen LogP contribution in [0.1, 0.15) is 35.6 Å². The number of benzene rings is 4. The van der Waals surface area contributed by atoms with E-state index in [0.29, 0.717) is 22.5 Å². The van der Waals surface area contributed by atoms with E-state index in [4.69, 9.17) is 11.6 Å². The fourth-order valence-electron chi connectivity index (χ4n) is 6.43. The van der Waals surface area contributed by atoms with E-state index in [1.165, 1.54) is 9.31 Å². The van der Waals surface area contributed by atoms with Gasteiger partial charge >= 0.3 is 0 Å². The Morgan fingerprint density at radius 2 is 1.46 bits per heavy atom. The van der Waals surface area contributed by atoms with Crippen LogP contribution in [-0.2, 0) is 14.8 Å². The van der Waals surface area contributed by atoms with Crippen molar-refractivity contribution < 1.29 is 13.2 Å². The summed E-state index contributed by atoms with van der Waals surface area (Å²) >= 11 is 7.47. The Balaban J connectivity index is 1.72. The lowest BCUT2D eigenvalue weighted by Gasteiger charge is -2.54. The molecule has 0 aliphatic carbocycles. The molecule has 0 bridgehead atoms. The number of aryl methyl sites for hydroxylation is 1. The minimum Gasteiger partial charge on any atom is -0.272 e. The highest BCUT2D eigenvalue weighted by Gasteiger charge is 2.72. The molecule has 4 atom stereocenters. The minimum absolute atomic E-state index is 0.126. The zero-order chi connectivity index (χ0) is 29.0. The van der Waals surface area contributed by atoms with Crippen molar-refractivity contribution in [3.05, 3.63) is 139 Å². The molecule has 1 N–H and O–H groups in total. The average Bonchev–Trinajstić information content (AvgIpc) is 3.19. The first-order valence-corrected chi connectivity index (χ1v) is 15.2. The van der Waals surface area contributed by atoms with E-state index in [1.54, 1.807) is 43.3 Å². The lowest BCUT2D eigenvalue weighted by Crippen LogP contribution is -2.61. The van der Waals surface area contributed by atoms with Gasteiger partial charge in [0, 0.05) is 5.92 Å². The van der Waals surface area contributed by atoms with Gasteiger partial charge in [-0.1, -0.05) is 102 Å². The molecule has 1 fully saturated rings. The van der Waals surface area contributed by atoms with Gasteiger partial charge in [-0.05, 0) is 55.3 Å². The molecular weight excluding hydrogens is 554 g/mol. The zero-order valence-electron chi connectivity index (χ0n) is 22.7. The second kappa shape index (κ2) is 9.87. The molecule has 1 saturated heterocycles. The summed E-state index contributed by atoms with van der Waals surface area (Å²) in [7, 11) is -4.20. The van der Waals surface area contributed by atoms with E-state index in [0.717, 1.165) is 5.56 Å². The van der Waals surface area contributed by atoms with Crippen molar-refractivity contribution in [1.29, 1.82) is 0 Å². The molecule has 6 nitrogen and oxygen atoms in total. The van der Waals surface area contributed by atoms with Crippen LogP contribution in [-0.4, -0.2) is 19.3 Å². The Bertz CT molecular complexity index is 1730. The number of halogens is 1. The summed E-state index contributed by atoms with van der Waals surface area (Å²) in [6.45, 7) is 7.81. The Labute approximate surface area is 245 Å². The largest absolute Gasteiger partial charge is 0.272 e. The van der Waals surface area contributed by atoms with Crippen LogP contribution in [0.4, 0.5) is 11.4 Å². The lowest BCUT2D eigenvalue weighted by atomic mass is 9.59. The number of carbonyl (C=O) groups is 1. The number of anilines is 2. The first-order chi connectivity index (χ1) is 19.6. The van der Waals surface area contributed by atoms with Gasteiger partial charge in [-0.15, -0.1) is 6.58 Å². The van der Waals surface area contributed by atoms with Gasteiger partial charge in [0.25, 0.3) is 15.9 Å². The molecule has 0 aromatic heterocycles. The molecule has 4 unspecified atom stereocenters. The second-order valence-electron chi connectivity index (χ2n) is 10.7. The Kier molecular flexibility index (Phi) is 6.57. The maximum absolute atomic E-state index is 15.0. The topological polar surface area (TPSA) is 69.7 Å². The molecule has 2 heterocycles. The van der Waals surface area contributed by atoms with Crippen LogP contribution in [0.15, 0.2) is 127 Å². The predicted octanol–water partition coefficient (Wildman–Crippen LogP) is 6.71. The number of hydrazine groups is 1. The van der Waals surface area contributed by atoms with Crippen molar-refractivity contribution in [2.75, 3.05) is 9.31 Å². The van der Waals surface area contributed by atoms with Crippen molar-refractivity contribution in [2.45, 2.75) is 35.7 Å². The molecule has 2 aliphatic rings. The number of rotatable bonds is 5. The first kappa shape index (κ1) is 27.3. The third kappa shape index (κ3) is 3.95. The van der Waals surface area contributed by atoms with E-state index in [-0.39, 0.29) is 10.8 Å². The van der Waals surface area contributed by atoms with Crippen molar-refractivity contribution in [1.82, 2.24) is 5.43 Å². The molecule has 2 aliphatic heterocycles. The van der Waals surface area contributed by atoms with E-state index in [2.05, 4.69) is 12.0 Å². The fraction of sp³-hybridized carbons (Fsp3) is 0.182. The monoisotopic (exact) mass is 583 g/mol. The van der Waals surface area contributed by atoms with Crippen molar-refractivity contribution in [3.8, 4) is 0 Å². The van der Waals surface area contributed by atoms with Crippen LogP contribution in [0, 0.1) is 12.3 Å². The number of hydrogen-bond donors (Lipinski definition) is 1. The van der Waals surface area contributed by atoms with Crippen LogP contribution in [0.25, 0.3) is 0 Å². The average molecular weight is 584 g/mol. The number of nitrogens with zero attached hydrogens (tertiary/aromatic N) is 2. The van der Waals surface area contributed by atoms with E-state index in [9.17, 15) is 8.42 Å². The summed E-state index contributed by atoms with van der Waals surface area (Å²) < 4.78 is 30.9. The normalized spacial score (nSPS) is 25.8. The summed E-state index contributed by atoms with van der Waals surface area (Å²) in [5.74, 6) is -0.983. The number of fused-ring (bicyclic) bond motifs is 1. The number of hydrogen-bond acceptors (Lipinski definition) is 4. The quantitative estimate of drug-likeness (QED) is 0.161. The molecule has 8 heteroatoms. The third-order valence-corrected chi connectivity index (χ3v) is 10.5. The molecule has 0 saturated carbocycles. The van der Waals surface area contributed by atoms with Crippen LogP contribution >= 0.6 is 11.6 Å². The summed E-state index contributed by atoms with van der Waals surface area (Å²) in [5, 5.41) is 1.45. The van der Waals surface area contributed by atoms with Gasteiger partial charge < -0.3 is 0 Å². The Hall–Kier alpha value is -3.91. The van der Waals surface area contributed by atoms with Crippen molar-refractivity contribution >= 4 is 38.9 Å². The van der Waals surface area contributed by atoms with Crippen LogP contribution < -0.4 is 14.7 Å². The SMILES string of the molecule is C=CC1c2ccccc2N(S(=O)(=O)c2ccc(C)cc2)C(c2ccccc2)C12C(=O)N(c1ccccc1)NC2(C)Cl. The van der Waals surface area contributed by atoms with Gasteiger partial charge in [-0.25, -0.2) is 18.9 Å². The van der Waals surface area contributed by atoms with Gasteiger partial charge in [0.05, 0.1) is 22.3 Å². The standard InChI is InChI=1S/C33H30ClN3O3S/c1-4-28-27-17-11-12-18-29(27)37(41(39,40)26-21-19-23(2)20-22-26)30(24-13-7-5-8-14-24)33(28)31(38)36(35-32(33,3)34)25-15-9-6-10-16-25/h4-22,28,30,35H,1H2,2-3H3. The first-order valence-electron chi connectivity index (χ1n) is 13.4. The van der Waals surface area contributed by atoms with Crippen molar-refractivity contribution in [2.24, 2.45) is 5.41 Å². The number of amides is 1. The smallest absolute Gasteiger partial charge is 0.264 e. The van der Waals surface area contributed by atoms with Gasteiger partial charge in [0.2, 0.25) is 0 Å². The lowest BCUT2D eigenvalue weighted by molar-refractivity contribution is -0.128. The number of alkyl halides is 1. The number of sulfonamides is 1. The molecular formula is C33H30ClN3O3S. The summed E-state index contributed by atoms with van der Waals surface area (Å²) in [6, 6.07) is 31.4. The highest BCUT2D eigenvalue weighted by molar-refractivity contribution is 7.92. The summed E-state index contributed by atoms with van der Waals surface area (Å²) in [5.41, 5.74) is 5.02. The predicted molar refractivity (Wildman–Crippen MR) is 163 cm³/mol. The molecule has 208 valence electrons. The molecule has 4 aromatic carbocycles. The van der Waals surface area contributed by atoms with Crippen molar-refractivity contribution in [3.63, 3.8) is 0 Å². The van der Waals surface area contributed by atoms with E-state index in [1.807, 2.05) is 85.8 Å². The van der Waals surface area contributed by atoms with Gasteiger partial charge in [0.15, 0.2) is 0 Å². The van der Waals surface area contributed by atoms with Gasteiger partial charge in [0.1, 0.15) is 10.4 Å². The van der Waals surface area contributed by atoms with Gasteiger partial charge in [-0.2, -0.15) is 0 Å². The maximum Gasteiger partial charge on any atom is 0.264 e. The molecule has 4 aromatic rings. The van der Waals surface area contributed by atoms with E-state index >= 15 is 4.79 Å². The van der Waals surface area contributed by atoms with Crippen LogP contribution in [0.3, 0.4) is 0 Å². The molecule has 1 spiro atoms. The number of nitrogens with one attached hydrogen (secondary N) is 1. The maximum atomic E-state index is 15.0. The highest BCUT2D eigenvalue weighted by Crippen LogP contribution is 2.66. The summed E-state index contributed by atoms with van der Waals surface area (Å²) in [4.78, 5) is 13.7. The van der Waals surface area contributed by atoms with Crippen LogP contribution in [0.2, 0.25) is 0 Å².